The van der Waals surface area contributed by atoms with Crippen LogP contribution in [0.3, 0.4) is 0 Å². The summed E-state index contributed by atoms with van der Waals surface area (Å²) in [5, 5.41) is 14.7. The molecule has 1 N–H and O–H groups in total. The third-order valence-corrected chi connectivity index (χ3v) is 4.45. The zero-order valence-electron chi connectivity index (χ0n) is 13.5. The first-order chi connectivity index (χ1) is 12.2. The molecule has 0 saturated heterocycles. The van der Waals surface area contributed by atoms with Crippen molar-refractivity contribution >= 4 is 17.1 Å². The largest absolute Gasteiger partial charge is 0.361 e. The molecular weight excluding hydrogens is 314 g/mol. The van der Waals surface area contributed by atoms with E-state index < -0.39 is 0 Å². The van der Waals surface area contributed by atoms with Gasteiger partial charge in [0.1, 0.15) is 6.17 Å². The Morgan fingerprint density at radius 2 is 1.64 bits per heavy atom. The summed E-state index contributed by atoms with van der Waals surface area (Å²) in [4.78, 5) is 13.0. The Kier molecular flexibility index (Phi) is 3.82. The minimum atomic E-state index is -0.342. The van der Waals surface area contributed by atoms with Crippen LogP contribution in [0.15, 0.2) is 78.9 Å². The highest BCUT2D eigenvalue weighted by atomic mass is 16.6. The fraction of sp³-hybridized carbons (Fsp3) is 0.100. The number of nitro groups is 1. The van der Waals surface area contributed by atoms with Gasteiger partial charge < -0.3 is 10.2 Å². The van der Waals surface area contributed by atoms with E-state index in [4.69, 9.17) is 0 Å². The van der Waals surface area contributed by atoms with Crippen LogP contribution in [-0.4, -0.2) is 4.92 Å². The smallest absolute Gasteiger partial charge is 0.269 e. The number of nitro benzene ring substituents is 1. The Labute approximate surface area is 145 Å². The predicted molar refractivity (Wildman–Crippen MR) is 98.5 cm³/mol. The number of nitrogens with one attached hydrogen (secondary N) is 1. The Morgan fingerprint density at radius 1 is 0.960 bits per heavy atom. The number of nitrogens with zero attached hydrogens (tertiary/aromatic N) is 2. The summed E-state index contributed by atoms with van der Waals surface area (Å²) in [5.74, 6) is 0. The van der Waals surface area contributed by atoms with E-state index in [0.717, 1.165) is 22.5 Å². The van der Waals surface area contributed by atoms with Crippen LogP contribution in [-0.2, 0) is 6.54 Å². The van der Waals surface area contributed by atoms with E-state index in [0.29, 0.717) is 6.54 Å². The Bertz CT molecular complexity index is 897. The van der Waals surface area contributed by atoms with Crippen LogP contribution in [0.4, 0.5) is 17.1 Å². The molecule has 124 valence electrons. The van der Waals surface area contributed by atoms with Crippen LogP contribution in [0.1, 0.15) is 17.3 Å². The maximum absolute atomic E-state index is 11.1. The molecule has 0 fully saturated rings. The fourth-order valence-corrected chi connectivity index (χ4v) is 3.26. The molecule has 0 amide bonds. The van der Waals surface area contributed by atoms with Gasteiger partial charge in [-0.25, -0.2) is 0 Å². The van der Waals surface area contributed by atoms with Crippen LogP contribution in [0.2, 0.25) is 0 Å². The van der Waals surface area contributed by atoms with Crippen molar-refractivity contribution < 1.29 is 4.92 Å². The number of hydrogen-bond acceptors (Lipinski definition) is 4. The number of hydrogen-bond donors (Lipinski definition) is 1. The van der Waals surface area contributed by atoms with Crippen LogP contribution >= 0.6 is 0 Å². The highest BCUT2D eigenvalue weighted by molar-refractivity contribution is 5.60. The van der Waals surface area contributed by atoms with Crippen molar-refractivity contribution in [1.82, 2.24) is 0 Å². The predicted octanol–water partition coefficient (Wildman–Crippen LogP) is 4.73. The minimum absolute atomic E-state index is 0.0689. The highest BCUT2D eigenvalue weighted by Gasteiger charge is 2.31. The maximum Gasteiger partial charge on any atom is 0.269 e. The quantitative estimate of drug-likeness (QED) is 0.555. The molecule has 4 rings (SSSR count). The second-order valence-electron chi connectivity index (χ2n) is 6.02. The molecule has 3 aromatic rings. The second kappa shape index (κ2) is 6.28. The molecule has 3 aromatic carbocycles. The Morgan fingerprint density at radius 3 is 2.32 bits per heavy atom. The van der Waals surface area contributed by atoms with Crippen LogP contribution < -0.4 is 10.2 Å². The van der Waals surface area contributed by atoms with Gasteiger partial charge in [0.2, 0.25) is 0 Å². The van der Waals surface area contributed by atoms with E-state index >= 15 is 0 Å². The van der Waals surface area contributed by atoms with Crippen LogP contribution in [0, 0.1) is 10.1 Å². The molecule has 1 atom stereocenters. The minimum Gasteiger partial charge on any atom is -0.361 e. The van der Waals surface area contributed by atoms with Crippen LogP contribution in [0.5, 0.6) is 0 Å². The molecule has 0 spiro atoms. The monoisotopic (exact) mass is 331 g/mol. The van der Waals surface area contributed by atoms with Crippen molar-refractivity contribution in [2.24, 2.45) is 0 Å². The third kappa shape index (κ3) is 2.92. The van der Waals surface area contributed by atoms with Crippen LogP contribution in [0.25, 0.3) is 0 Å². The summed E-state index contributed by atoms with van der Waals surface area (Å²) in [6, 6.07) is 25.2. The average molecular weight is 331 g/mol. The van der Waals surface area contributed by atoms with Crippen molar-refractivity contribution in [1.29, 1.82) is 0 Å². The van der Waals surface area contributed by atoms with Gasteiger partial charge in [0.25, 0.3) is 5.69 Å². The van der Waals surface area contributed by atoms with Gasteiger partial charge in [0, 0.05) is 35.6 Å². The molecule has 0 aromatic heterocycles. The third-order valence-electron chi connectivity index (χ3n) is 4.45. The van der Waals surface area contributed by atoms with E-state index in [1.54, 1.807) is 12.1 Å². The summed E-state index contributed by atoms with van der Waals surface area (Å²) in [5.41, 5.74) is 4.27. The highest BCUT2D eigenvalue weighted by Crippen LogP contribution is 2.39. The molecule has 0 saturated carbocycles. The number of non-ortho nitro benzene ring substituents is 1. The molecule has 1 unspecified atom stereocenters. The lowest BCUT2D eigenvalue weighted by Crippen LogP contribution is -2.27. The van der Waals surface area contributed by atoms with Crippen molar-refractivity contribution in [2.45, 2.75) is 12.7 Å². The standard InChI is InChI=1S/C20H17N3O2/c24-23(25)18-11-12-19-15(13-18)14-22(17-9-5-2-6-10-17)20(19)21-16-7-3-1-4-8-16/h1-13,20-21H,14H2. The van der Waals surface area contributed by atoms with Gasteiger partial charge in [-0.15, -0.1) is 0 Å². The van der Waals surface area contributed by atoms with E-state index in [1.807, 2.05) is 54.6 Å². The number of fused-ring (bicyclic) bond motifs is 1. The van der Waals surface area contributed by atoms with Gasteiger partial charge in [-0.05, 0) is 35.9 Å². The normalized spacial score (nSPS) is 15.7. The topological polar surface area (TPSA) is 58.4 Å². The number of rotatable bonds is 4. The lowest BCUT2D eigenvalue weighted by molar-refractivity contribution is -0.384. The zero-order valence-corrected chi connectivity index (χ0v) is 13.5. The van der Waals surface area contributed by atoms with Gasteiger partial charge in [-0.1, -0.05) is 36.4 Å². The molecular formula is C20H17N3O2. The molecule has 1 aliphatic rings. The maximum atomic E-state index is 11.1. The lowest BCUT2D eigenvalue weighted by atomic mass is 10.1. The van der Waals surface area contributed by atoms with Crippen molar-refractivity contribution in [3.05, 3.63) is 100 Å². The first kappa shape index (κ1) is 15.2. The van der Waals surface area contributed by atoms with E-state index in [-0.39, 0.29) is 16.8 Å². The molecule has 0 bridgehead atoms. The molecule has 5 heteroatoms. The number of anilines is 2. The summed E-state index contributed by atoms with van der Waals surface area (Å²) < 4.78 is 0. The first-order valence-corrected chi connectivity index (χ1v) is 8.13. The summed E-state index contributed by atoms with van der Waals surface area (Å²) in [7, 11) is 0. The van der Waals surface area contributed by atoms with E-state index in [1.165, 1.54) is 0 Å². The zero-order chi connectivity index (χ0) is 17.2. The summed E-state index contributed by atoms with van der Waals surface area (Å²) in [6.07, 6.45) is -0.0689. The van der Waals surface area contributed by atoms with Gasteiger partial charge >= 0.3 is 0 Å². The fourth-order valence-electron chi connectivity index (χ4n) is 3.26. The van der Waals surface area contributed by atoms with E-state index in [9.17, 15) is 10.1 Å². The van der Waals surface area contributed by atoms with Gasteiger partial charge in [-0.3, -0.25) is 10.1 Å². The Hall–Kier alpha value is -3.34. The average Bonchev–Trinajstić information content (AvgIpc) is 3.01. The van der Waals surface area contributed by atoms with E-state index in [2.05, 4.69) is 22.3 Å². The lowest BCUT2D eigenvalue weighted by Gasteiger charge is -2.29. The van der Waals surface area contributed by atoms with Crippen molar-refractivity contribution in [2.75, 3.05) is 10.2 Å². The first-order valence-electron chi connectivity index (χ1n) is 8.13. The molecule has 25 heavy (non-hydrogen) atoms. The molecule has 1 heterocycles. The van der Waals surface area contributed by atoms with Gasteiger partial charge in [0.05, 0.1) is 4.92 Å². The molecule has 1 aliphatic heterocycles. The Balaban J connectivity index is 1.75. The summed E-state index contributed by atoms with van der Waals surface area (Å²) in [6.45, 7) is 0.630. The van der Waals surface area contributed by atoms with Crippen molar-refractivity contribution in [3.63, 3.8) is 0 Å². The number of benzene rings is 3. The second-order valence-corrected chi connectivity index (χ2v) is 6.02. The molecule has 5 nitrogen and oxygen atoms in total. The SMILES string of the molecule is O=[N+]([O-])c1ccc2c(c1)CN(c1ccccc1)C2Nc1ccccc1. The van der Waals surface area contributed by atoms with Crippen molar-refractivity contribution in [3.8, 4) is 0 Å². The molecule has 0 aliphatic carbocycles. The van der Waals surface area contributed by atoms with Gasteiger partial charge in [-0.2, -0.15) is 0 Å². The molecule has 0 radical (unpaired) electrons. The van der Waals surface area contributed by atoms with Gasteiger partial charge in [0.15, 0.2) is 0 Å². The number of para-hydroxylation sites is 2. The summed E-state index contributed by atoms with van der Waals surface area (Å²) >= 11 is 0.